The van der Waals surface area contributed by atoms with Crippen LogP contribution < -0.4 is 14.8 Å². The summed E-state index contributed by atoms with van der Waals surface area (Å²) >= 11 is 0. The first-order valence-corrected chi connectivity index (χ1v) is 9.34. The highest BCUT2D eigenvalue weighted by atomic mass is 35.5. The van der Waals surface area contributed by atoms with Crippen LogP contribution in [0.1, 0.15) is 30.0 Å². The van der Waals surface area contributed by atoms with Crippen LogP contribution in [0.25, 0.3) is 0 Å². The SMILES string of the molecule is Cl.O=C(Cc1ccc(F)cc1)NCC(c1ccc2c(c1)OCO2)N1CCCC1. The van der Waals surface area contributed by atoms with Gasteiger partial charge in [0.25, 0.3) is 0 Å². The zero-order valence-electron chi connectivity index (χ0n) is 15.5. The minimum absolute atomic E-state index is 0. The van der Waals surface area contributed by atoms with Crippen LogP contribution in [-0.4, -0.2) is 37.2 Å². The number of benzene rings is 2. The van der Waals surface area contributed by atoms with E-state index in [2.05, 4.69) is 10.2 Å². The zero-order chi connectivity index (χ0) is 18.6. The van der Waals surface area contributed by atoms with Crippen molar-refractivity contribution in [1.82, 2.24) is 10.2 Å². The molecule has 2 aromatic carbocycles. The molecule has 0 bridgehead atoms. The molecule has 0 saturated carbocycles. The molecule has 0 spiro atoms. The largest absolute Gasteiger partial charge is 0.454 e. The van der Waals surface area contributed by atoms with Gasteiger partial charge in [-0.15, -0.1) is 12.4 Å². The molecule has 0 aromatic heterocycles. The van der Waals surface area contributed by atoms with Crippen molar-refractivity contribution in [2.75, 3.05) is 26.4 Å². The average molecular weight is 407 g/mol. The van der Waals surface area contributed by atoms with Gasteiger partial charge in [0.1, 0.15) is 5.82 Å². The summed E-state index contributed by atoms with van der Waals surface area (Å²) in [6, 6.07) is 12.1. The van der Waals surface area contributed by atoms with Gasteiger partial charge in [-0.1, -0.05) is 18.2 Å². The number of carbonyl (C=O) groups is 1. The lowest BCUT2D eigenvalue weighted by atomic mass is 10.0. The molecule has 2 aliphatic rings. The van der Waals surface area contributed by atoms with E-state index in [0.29, 0.717) is 6.54 Å². The van der Waals surface area contributed by atoms with E-state index in [1.807, 2.05) is 18.2 Å². The molecule has 1 N–H and O–H groups in total. The van der Waals surface area contributed by atoms with Crippen LogP contribution in [0.15, 0.2) is 42.5 Å². The Morgan fingerprint density at radius 1 is 1.07 bits per heavy atom. The number of hydrogen-bond acceptors (Lipinski definition) is 4. The van der Waals surface area contributed by atoms with E-state index in [4.69, 9.17) is 9.47 Å². The van der Waals surface area contributed by atoms with Gasteiger partial charge in [-0.2, -0.15) is 0 Å². The minimum Gasteiger partial charge on any atom is -0.454 e. The summed E-state index contributed by atoms with van der Waals surface area (Å²) in [6.45, 7) is 2.82. The lowest BCUT2D eigenvalue weighted by molar-refractivity contribution is -0.120. The fraction of sp³-hybridized carbons (Fsp3) is 0.381. The Labute approximate surface area is 170 Å². The normalized spacial score (nSPS) is 16.5. The summed E-state index contributed by atoms with van der Waals surface area (Å²) in [5.74, 6) is 1.16. The van der Waals surface area contributed by atoms with Crippen LogP contribution in [0.2, 0.25) is 0 Å². The lowest BCUT2D eigenvalue weighted by Gasteiger charge is -2.28. The third-order valence-electron chi connectivity index (χ3n) is 5.13. The van der Waals surface area contributed by atoms with E-state index in [1.165, 1.54) is 25.0 Å². The summed E-state index contributed by atoms with van der Waals surface area (Å²) in [5.41, 5.74) is 1.91. The van der Waals surface area contributed by atoms with Crippen molar-refractivity contribution in [1.29, 1.82) is 0 Å². The van der Waals surface area contributed by atoms with Crippen molar-refractivity contribution in [2.45, 2.75) is 25.3 Å². The highest BCUT2D eigenvalue weighted by Crippen LogP contribution is 2.36. The van der Waals surface area contributed by atoms with Gasteiger partial charge >= 0.3 is 0 Å². The van der Waals surface area contributed by atoms with Gasteiger partial charge in [0.05, 0.1) is 12.5 Å². The molecule has 5 nitrogen and oxygen atoms in total. The second-order valence-corrected chi connectivity index (χ2v) is 6.98. The number of rotatable bonds is 6. The number of nitrogens with one attached hydrogen (secondary N) is 1. The van der Waals surface area contributed by atoms with Gasteiger partial charge in [-0.3, -0.25) is 9.69 Å². The maximum Gasteiger partial charge on any atom is 0.231 e. The van der Waals surface area contributed by atoms with Gasteiger partial charge in [-0.05, 0) is 61.3 Å². The summed E-state index contributed by atoms with van der Waals surface area (Å²) in [7, 11) is 0. The molecule has 7 heteroatoms. The predicted molar refractivity (Wildman–Crippen MR) is 106 cm³/mol. The van der Waals surface area contributed by atoms with E-state index in [9.17, 15) is 9.18 Å². The van der Waals surface area contributed by atoms with Crippen molar-refractivity contribution < 1.29 is 18.7 Å². The Balaban J connectivity index is 0.00000225. The molecule has 1 atom stereocenters. The fourth-order valence-corrected chi connectivity index (χ4v) is 3.69. The van der Waals surface area contributed by atoms with Crippen molar-refractivity contribution in [3.05, 3.63) is 59.4 Å². The van der Waals surface area contributed by atoms with Gasteiger partial charge in [0.2, 0.25) is 12.7 Å². The number of ether oxygens (including phenoxy) is 2. The molecule has 150 valence electrons. The number of nitrogens with zero attached hydrogens (tertiary/aromatic N) is 1. The molecular formula is C21H24ClFN2O3. The summed E-state index contributed by atoms with van der Waals surface area (Å²) in [5, 5.41) is 3.04. The Bertz CT molecular complexity index is 810. The second kappa shape index (κ2) is 9.26. The van der Waals surface area contributed by atoms with Crippen LogP contribution in [0.5, 0.6) is 11.5 Å². The zero-order valence-corrected chi connectivity index (χ0v) is 16.3. The molecule has 2 heterocycles. The number of fused-ring (bicyclic) bond motifs is 1. The highest BCUT2D eigenvalue weighted by molar-refractivity contribution is 5.85. The molecule has 28 heavy (non-hydrogen) atoms. The molecule has 0 aliphatic carbocycles. The molecule has 1 amide bonds. The minimum atomic E-state index is -0.295. The number of hydrogen-bond donors (Lipinski definition) is 1. The van der Waals surface area contributed by atoms with E-state index in [1.54, 1.807) is 12.1 Å². The average Bonchev–Trinajstić information content (AvgIpc) is 3.35. The first-order valence-electron chi connectivity index (χ1n) is 9.34. The van der Waals surface area contributed by atoms with E-state index in [-0.39, 0.29) is 43.4 Å². The monoisotopic (exact) mass is 406 g/mol. The molecule has 2 aromatic rings. The maximum absolute atomic E-state index is 13.0. The first kappa shape index (κ1) is 20.4. The van der Waals surface area contributed by atoms with Gasteiger partial charge < -0.3 is 14.8 Å². The number of amides is 1. The molecular weight excluding hydrogens is 383 g/mol. The Kier molecular flexibility index (Phi) is 6.75. The van der Waals surface area contributed by atoms with Crippen LogP contribution >= 0.6 is 12.4 Å². The van der Waals surface area contributed by atoms with Crippen LogP contribution in [0.4, 0.5) is 4.39 Å². The topological polar surface area (TPSA) is 50.8 Å². The van der Waals surface area contributed by atoms with E-state index >= 15 is 0 Å². The summed E-state index contributed by atoms with van der Waals surface area (Å²) < 4.78 is 23.9. The standard InChI is InChI=1S/C21H23FN2O3.ClH/c22-17-6-3-15(4-7-17)11-21(25)23-13-18(24-9-1-2-10-24)16-5-8-19-20(12-16)27-14-26-19;/h3-8,12,18H,1-2,9-11,13-14H2,(H,23,25);1H. The van der Waals surface area contributed by atoms with Gasteiger partial charge in [0, 0.05) is 6.54 Å². The smallest absolute Gasteiger partial charge is 0.231 e. The van der Waals surface area contributed by atoms with Crippen molar-refractivity contribution in [2.24, 2.45) is 0 Å². The fourth-order valence-electron chi connectivity index (χ4n) is 3.69. The molecule has 1 unspecified atom stereocenters. The molecule has 1 saturated heterocycles. The van der Waals surface area contributed by atoms with Crippen molar-refractivity contribution in [3.8, 4) is 11.5 Å². The second-order valence-electron chi connectivity index (χ2n) is 6.98. The summed E-state index contributed by atoms with van der Waals surface area (Å²) in [6.07, 6.45) is 2.59. The molecule has 0 radical (unpaired) electrons. The Morgan fingerprint density at radius 3 is 2.54 bits per heavy atom. The van der Waals surface area contributed by atoms with Crippen LogP contribution in [0.3, 0.4) is 0 Å². The molecule has 2 aliphatic heterocycles. The van der Waals surface area contributed by atoms with Crippen molar-refractivity contribution in [3.63, 3.8) is 0 Å². The Hall–Kier alpha value is -2.31. The van der Waals surface area contributed by atoms with Gasteiger partial charge in [0.15, 0.2) is 11.5 Å². The third kappa shape index (κ3) is 4.75. The molecule has 1 fully saturated rings. The maximum atomic E-state index is 13.0. The number of halogens is 2. The molecule has 4 rings (SSSR count). The lowest BCUT2D eigenvalue weighted by Crippen LogP contribution is -2.37. The quantitative estimate of drug-likeness (QED) is 0.798. The van der Waals surface area contributed by atoms with Gasteiger partial charge in [-0.25, -0.2) is 4.39 Å². The predicted octanol–water partition coefficient (Wildman–Crippen LogP) is 3.47. The first-order chi connectivity index (χ1) is 13.2. The van der Waals surface area contributed by atoms with E-state index < -0.39 is 0 Å². The van der Waals surface area contributed by atoms with Crippen LogP contribution in [0, 0.1) is 5.82 Å². The van der Waals surface area contributed by atoms with Crippen molar-refractivity contribution >= 4 is 18.3 Å². The summed E-state index contributed by atoms with van der Waals surface area (Å²) in [4.78, 5) is 14.8. The van der Waals surface area contributed by atoms with Crippen LogP contribution in [-0.2, 0) is 11.2 Å². The Morgan fingerprint density at radius 2 is 1.79 bits per heavy atom. The number of carbonyl (C=O) groups excluding carboxylic acids is 1. The third-order valence-corrected chi connectivity index (χ3v) is 5.13. The highest BCUT2D eigenvalue weighted by Gasteiger charge is 2.26. The van der Waals surface area contributed by atoms with E-state index in [0.717, 1.165) is 35.7 Å². The number of likely N-dealkylation sites (tertiary alicyclic amines) is 1.